The molecule has 0 radical (unpaired) electrons. The average molecular weight is 332 g/mol. The maximum absolute atomic E-state index is 12.1. The third-order valence-corrected chi connectivity index (χ3v) is 4.03. The molecule has 1 aromatic carbocycles. The monoisotopic (exact) mass is 331 g/mol. The zero-order valence-corrected chi connectivity index (χ0v) is 13.0. The molecule has 2 aromatic rings. The van der Waals surface area contributed by atoms with Gasteiger partial charge in [0.05, 0.1) is 24.1 Å². The molecule has 0 unspecified atom stereocenters. The van der Waals surface area contributed by atoms with E-state index in [-0.39, 0.29) is 5.91 Å². The Balaban J connectivity index is 2.22. The van der Waals surface area contributed by atoms with Gasteiger partial charge in [-0.15, -0.1) is 11.3 Å². The summed E-state index contributed by atoms with van der Waals surface area (Å²) in [5, 5.41) is 2.73. The summed E-state index contributed by atoms with van der Waals surface area (Å²) in [5.41, 5.74) is 0.919. The van der Waals surface area contributed by atoms with Crippen molar-refractivity contribution in [3.63, 3.8) is 0 Å². The molecule has 0 saturated carbocycles. The zero-order valence-electron chi connectivity index (χ0n) is 10.7. The molecule has 0 atom stereocenters. The summed E-state index contributed by atoms with van der Waals surface area (Å²) in [6.45, 7) is 0. The number of rotatable bonds is 4. The first-order valence-electron chi connectivity index (χ1n) is 5.53. The summed E-state index contributed by atoms with van der Waals surface area (Å²) >= 11 is 12.9. The number of amides is 1. The van der Waals surface area contributed by atoms with Crippen molar-refractivity contribution in [2.24, 2.45) is 0 Å². The van der Waals surface area contributed by atoms with E-state index in [1.54, 1.807) is 25.3 Å². The van der Waals surface area contributed by atoms with Gasteiger partial charge in [0.2, 0.25) is 0 Å². The van der Waals surface area contributed by atoms with Crippen LogP contribution in [0.1, 0.15) is 10.4 Å². The molecule has 1 heterocycles. The van der Waals surface area contributed by atoms with Crippen molar-refractivity contribution < 1.29 is 14.3 Å². The summed E-state index contributed by atoms with van der Waals surface area (Å²) in [6.07, 6.45) is 0. The number of halogens is 2. The van der Waals surface area contributed by atoms with Crippen LogP contribution in [0.15, 0.2) is 24.3 Å². The van der Waals surface area contributed by atoms with E-state index >= 15 is 0 Å². The normalized spacial score (nSPS) is 10.2. The molecule has 0 aliphatic rings. The van der Waals surface area contributed by atoms with Crippen LogP contribution >= 0.6 is 34.5 Å². The smallest absolute Gasteiger partial charge is 0.258 e. The Labute approximate surface area is 130 Å². The lowest BCUT2D eigenvalue weighted by atomic mass is 10.2. The Bertz CT molecular complexity index is 643. The first-order valence-corrected chi connectivity index (χ1v) is 7.10. The SMILES string of the molecule is COc1ccc(NC(=O)c2cc(Cl)sc2Cl)cc1OC. The summed E-state index contributed by atoms with van der Waals surface area (Å²) in [6, 6.07) is 6.61. The third-order valence-electron chi connectivity index (χ3n) is 2.54. The minimum absolute atomic E-state index is 0.328. The lowest BCUT2D eigenvalue weighted by molar-refractivity contribution is 0.102. The van der Waals surface area contributed by atoms with Crippen molar-refractivity contribution in [2.45, 2.75) is 0 Å². The summed E-state index contributed by atoms with van der Waals surface area (Å²) < 4.78 is 11.1. The van der Waals surface area contributed by atoms with Gasteiger partial charge in [0.15, 0.2) is 11.5 Å². The van der Waals surface area contributed by atoms with Gasteiger partial charge < -0.3 is 14.8 Å². The zero-order chi connectivity index (χ0) is 14.7. The van der Waals surface area contributed by atoms with Gasteiger partial charge in [-0.2, -0.15) is 0 Å². The number of anilines is 1. The number of nitrogens with one attached hydrogen (secondary N) is 1. The largest absolute Gasteiger partial charge is 0.493 e. The van der Waals surface area contributed by atoms with Gasteiger partial charge in [0.1, 0.15) is 4.34 Å². The molecule has 2 rings (SSSR count). The van der Waals surface area contributed by atoms with Gasteiger partial charge in [-0.3, -0.25) is 4.79 Å². The third kappa shape index (κ3) is 3.17. The van der Waals surface area contributed by atoms with Crippen molar-refractivity contribution in [3.05, 3.63) is 38.5 Å². The highest BCUT2D eigenvalue weighted by molar-refractivity contribution is 7.20. The van der Waals surface area contributed by atoms with E-state index in [1.165, 1.54) is 13.2 Å². The molecule has 7 heteroatoms. The van der Waals surface area contributed by atoms with E-state index in [4.69, 9.17) is 32.7 Å². The van der Waals surface area contributed by atoms with Crippen LogP contribution in [0.5, 0.6) is 11.5 Å². The van der Waals surface area contributed by atoms with E-state index in [1.807, 2.05) is 0 Å². The van der Waals surface area contributed by atoms with Crippen LogP contribution in [0.4, 0.5) is 5.69 Å². The molecule has 0 aliphatic heterocycles. The number of ether oxygens (including phenoxy) is 2. The van der Waals surface area contributed by atoms with E-state index in [0.717, 1.165) is 11.3 Å². The van der Waals surface area contributed by atoms with Crippen molar-refractivity contribution in [3.8, 4) is 11.5 Å². The highest BCUT2D eigenvalue weighted by Crippen LogP contribution is 2.33. The highest BCUT2D eigenvalue weighted by Gasteiger charge is 2.15. The van der Waals surface area contributed by atoms with Crippen LogP contribution in [0.2, 0.25) is 8.67 Å². The molecule has 0 bridgehead atoms. The number of thiophene rings is 1. The van der Waals surface area contributed by atoms with Gasteiger partial charge in [-0.1, -0.05) is 23.2 Å². The fourth-order valence-corrected chi connectivity index (χ4v) is 3.07. The van der Waals surface area contributed by atoms with Crippen LogP contribution in [-0.2, 0) is 0 Å². The van der Waals surface area contributed by atoms with Crippen LogP contribution in [0, 0.1) is 0 Å². The lowest BCUT2D eigenvalue weighted by Gasteiger charge is -2.10. The molecule has 20 heavy (non-hydrogen) atoms. The van der Waals surface area contributed by atoms with Gasteiger partial charge in [-0.05, 0) is 18.2 Å². The first-order chi connectivity index (χ1) is 9.55. The Hall–Kier alpha value is -1.43. The highest BCUT2D eigenvalue weighted by atomic mass is 35.5. The minimum atomic E-state index is -0.328. The van der Waals surface area contributed by atoms with Crippen LogP contribution < -0.4 is 14.8 Å². The van der Waals surface area contributed by atoms with E-state index < -0.39 is 0 Å². The van der Waals surface area contributed by atoms with Gasteiger partial charge in [0, 0.05) is 11.8 Å². The van der Waals surface area contributed by atoms with Crippen molar-refractivity contribution in [1.82, 2.24) is 0 Å². The van der Waals surface area contributed by atoms with E-state index in [2.05, 4.69) is 5.32 Å². The predicted molar refractivity (Wildman–Crippen MR) is 81.8 cm³/mol. The molecule has 0 spiro atoms. The Morgan fingerprint density at radius 2 is 1.85 bits per heavy atom. The van der Waals surface area contributed by atoms with Crippen molar-refractivity contribution in [2.75, 3.05) is 19.5 Å². The standard InChI is InChI=1S/C13H11Cl2NO3S/c1-18-9-4-3-7(5-10(9)19-2)16-13(17)8-6-11(14)20-12(8)15/h3-6H,1-2H3,(H,16,17). The molecule has 1 aromatic heterocycles. The van der Waals surface area contributed by atoms with E-state index in [9.17, 15) is 4.79 Å². The molecule has 0 fully saturated rings. The summed E-state index contributed by atoms with van der Waals surface area (Å²) in [4.78, 5) is 12.1. The molecular weight excluding hydrogens is 321 g/mol. The maximum atomic E-state index is 12.1. The molecule has 1 amide bonds. The van der Waals surface area contributed by atoms with Crippen molar-refractivity contribution >= 4 is 46.1 Å². The molecule has 4 nitrogen and oxygen atoms in total. The fraction of sp³-hybridized carbons (Fsp3) is 0.154. The molecule has 0 aliphatic carbocycles. The van der Waals surface area contributed by atoms with Crippen LogP contribution in [0.3, 0.4) is 0 Å². The summed E-state index contributed by atoms with van der Waals surface area (Å²) in [5.74, 6) is 0.784. The molecule has 1 N–H and O–H groups in total. The van der Waals surface area contributed by atoms with Crippen LogP contribution in [-0.4, -0.2) is 20.1 Å². The number of methoxy groups -OCH3 is 2. The average Bonchev–Trinajstić information content (AvgIpc) is 2.77. The minimum Gasteiger partial charge on any atom is -0.493 e. The number of hydrogen-bond donors (Lipinski definition) is 1. The Morgan fingerprint density at radius 3 is 2.40 bits per heavy atom. The number of carbonyl (C=O) groups excluding carboxylic acids is 1. The van der Waals surface area contributed by atoms with Gasteiger partial charge in [-0.25, -0.2) is 0 Å². The predicted octanol–water partition coefficient (Wildman–Crippen LogP) is 4.32. The molecular formula is C13H11Cl2NO3S. The lowest BCUT2D eigenvalue weighted by Crippen LogP contribution is -2.11. The quantitative estimate of drug-likeness (QED) is 0.907. The topological polar surface area (TPSA) is 47.6 Å². The number of hydrogen-bond acceptors (Lipinski definition) is 4. The molecule has 0 saturated heterocycles. The second-order valence-corrected chi connectivity index (χ2v) is 6.05. The van der Waals surface area contributed by atoms with Crippen LogP contribution in [0.25, 0.3) is 0 Å². The first kappa shape index (κ1) is 15.0. The number of benzene rings is 1. The number of carbonyl (C=O) groups is 1. The van der Waals surface area contributed by atoms with E-state index in [0.29, 0.717) is 31.4 Å². The Kier molecular flexibility index (Phi) is 4.75. The van der Waals surface area contributed by atoms with Crippen molar-refractivity contribution in [1.29, 1.82) is 0 Å². The summed E-state index contributed by atoms with van der Waals surface area (Å²) in [7, 11) is 3.07. The van der Waals surface area contributed by atoms with Gasteiger partial charge >= 0.3 is 0 Å². The molecule has 106 valence electrons. The second kappa shape index (κ2) is 6.35. The fourth-order valence-electron chi connectivity index (χ4n) is 1.61. The Morgan fingerprint density at radius 1 is 1.15 bits per heavy atom. The maximum Gasteiger partial charge on any atom is 0.258 e. The second-order valence-electron chi connectivity index (χ2n) is 3.76. The van der Waals surface area contributed by atoms with Gasteiger partial charge in [0.25, 0.3) is 5.91 Å².